The van der Waals surface area contributed by atoms with Crippen molar-refractivity contribution in [2.24, 2.45) is 5.92 Å². The number of carbonyl (C=O) groups excluding carboxylic acids is 2. The second-order valence-electron chi connectivity index (χ2n) is 6.85. The van der Waals surface area contributed by atoms with Crippen molar-refractivity contribution in [3.05, 3.63) is 12.2 Å². The molecular weight excluding hydrogens is 316 g/mol. The van der Waals surface area contributed by atoms with Crippen LogP contribution in [-0.4, -0.2) is 25.2 Å². The highest BCUT2D eigenvalue weighted by Crippen LogP contribution is 2.09. The molecule has 0 N–H and O–H groups in total. The monoisotopic (exact) mass is 354 g/mol. The molecule has 0 amide bonds. The molecule has 0 aliphatic carbocycles. The standard InChI is InChI=1S/C21H38O4/c1-4-6-7-8-9-10-11-12-13-17-24-20(22)15-16-21(23)25-18-19(3)14-5-2/h15-16,19H,4-14,17-18H2,1-3H3/b16-15+. The summed E-state index contributed by atoms with van der Waals surface area (Å²) < 4.78 is 10.2. The third-order valence-corrected chi connectivity index (χ3v) is 4.14. The molecule has 146 valence electrons. The Hall–Kier alpha value is -1.32. The van der Waals surface area contributed by atoms with Crippen LogP contribution in [0.3, 0.4) is 0 Å². The van der Waals surface area contributed by atoms with Gasteiger partial charge in [-0.05, 0) is 18.8 Å². The third kappa shape index (κ3) is 17.3. The van der Waals surface area contributed by atoms with E-state index < -0.39 is 11.9 Å². The van der Waals surface area contributed by atoms with Crippen molar-refractivity contribution >= 4 is 11.9 Å². The summed E-state index contributed by atoms with van der Waals surface area (Å²) in [4.78, 5) is 23.0. The second-order valence-corrected chi connectivity index (χ2v) is 6.85. The predicted molar refractivity (Wildman–Crippen MR) is 102 cm³/mol. The maximum absolute atomic E-state index is 11.5. The zero-order chi connectivity index (χ0) is 18.8. The number of esters is 2. The van der Waals surface area contributed by atoms with Gasteiger partial charge in [-0.3, -0.25) is 0 Å². The summed E-state index contributed by atoms with van der Waals surface area (Å²) in [6, 6.07) is 0. The van der Waals surface area contributed by atoms with E-state index in [1.807, 2.05) is 6.92 Å². The molecule has 0 bridgehead atoms. The smallest absolute Gasteiger partial charge is 0.331 e. The molecule has 0 radical (unpaired) electrons. The molecule has 0 aromatic carbocycles. The van der Waals surface area contributed by atoms with E-state index in [1.54, 1.807) is 0 Å². The van der Waals surface area contributed by atoms with Gasteiger partial charge in [-0.2, -0.15) is 0 Å². The van der Waals surface area contributed by atoms with Crippen LogP contribution < -0.4 is 0 Å². The van der Waals surface area contributed by atoms with E-state index in [-0.39, 0.29) is 0 Å². The maximum atomic E-state index is 11.5. The number of unbranched alkanes of at least 4 members (excludes halogenated alkanes) is 8. The lowest BCUT2D eigenvalue weighted by molar-refractivity contribution is -0.141. The van der Waals surface area contributed by atoms with Gasteiger partial charge in [-0.25, -0.2) is 9.59 Å². The van der Waals surface area contributed by atoms with E-state index in [0.717, 1.165) is 37.8 Å². The first-order chi connectivity index (χ1) is 12.1. The Morgan fingerprint density at radius 2 is 1.28 bits per heavy atom. The zero-order valence-corrected chi connectivity index (χ0v) is 16.6. The van der Waals surface area contributed by atoms with E-state index >= 15 is 0 Å². The van der Waals surface area contributed by atoms with Crippen molar-refractivity contribution in [2.45, 2.75) is 91.4 Å². The largest absolute Gasteiger partial charge is 0.463 e. The molecule has 25 heavy (non-hydrogen) atoms. The molecule has 0 aliphatic rings. The fourth-order valence-corrected chi connectivity index (χ4v) is 2.62. The summed E-state index contributed by atoms with van der Waals surface area (Å²) >= 11 is 0. The average molecular weight is 355 g/mol. The molecule has 0 aromatic heterocycles. The first kappa shape index (κ1) is 23.7. The van der Waals surface area contributed by atoms with Gasteiger partial charge in [-0.15, -0.1) is 0 Å². The molecular formula is C21H38O4. The Morgan fingerprint density at radius 3 is 1.84 bits per heavy atom. The van der Waals surface area contributed by atoms with Crippen LogP contribution in [0.4, 0.5) is 0 Å². The molecule has 0 fully saturated rings. The summed E-state index contributed by atoms with van der Waals surface area (Å²) in [5, 5.41) is 0. The minimum Gasteiger partial charge on any atom is -0.463 e. The van der Waals surface area contributed by atoms with Crippen molar-refractivity contribution < 1.29 is 19.1 Å². The van der Waals surface area contributed by atoms with Crippen LogP contribution in [0.15, 0.2) is 12.2 Å². The van der Waals surface area contributed by atoms with Crippen LogP contribution in [0.1, 0.15) is 91.4 Å². The van der Waals surface area contributed by atoms with Crippen molar-refractivity contribution in [3.8, 4) is 0 Å². The molecule has 1 unspecified atom stereocenters. The van der Waals surface area contributed by atoms with Crippen LogP contribution in [0.5, 0.6) is 0 Å². The molecule has 0 aliphatic heterocycles. The van der Waals surface area contributed by atoms with Gasteiger partial charge in [-0.1, -0.05) is 78.6 Å². The Balaban J connectivity index is 3.52. The molecule has 0 saturated heterocycles. The van der Waals surface area contributed by atoms with Gasteiger partial charge in [0, 0.05) is 12.2 Å². The van der Waals surface area contributed by atoms with Gasteiger partial charge in [0.25, 0.3) is 0 Å². The number of carbonyl (C=O) groups is 2. The number of hydrogen-bond acceptors (Lipinski definition) is 4. The van der Waals surface area contributed by atoms with E-state index in [4.69, 9.17) is 9.47 Å². The van der Waals surface area contributed by atoms with E-state index in [9.17, 15) is 9.59 Å². The van der Waals surface area contributed by atoms with Crippen LogP contribution in [-0.2, 0) is 19.1 Å². The minimum atomic E-state index is -0.483. The van der Waals surface area contributed by atoms with Crippen LogP contribution in [0, 0.1) is 5.92 Å². The Bertz CT molecular complexity index is 363. The molecule has 0 heterocycles. The van der Waals surface area contributed by atoms with Gasteiger partial charge in [0.15, 0.2) is 0 Å². The quantitative estimate of drug-likeness (QED) is 0.206. The fraction of sp³-hybridized carbons (Fsp3) is 0.810. The molecule has 0 rings (SSSR count). The highest BCUT2D eigenvalue weighted by Gasteiger charge is 2.05. The van der Waals surface area contributed by atoms with E-state index in [2.05, 4.69) is 13.8 Å². The number of rotatable bonds is 16. The number of ether oxygens (including phenoxy) is 2. The Morgan fingerprint density at radius 1 is 0.760 bits per heavy atom. The maximum Gasteiger partial charge on any atom is 0.331 e. The molecule has 1 atom stereocenters. The first-order valence-electron chi connectivity index (χ1n) is 10.1. The van der Waals surface area contributed by atoms with Crippen LogP contribution in [0.2, 0.25) is 0 Å². The molecule has 0 saturated carbocycles. The molecule has 4 heteroatoms. The van der Waals surface area contributed by atoms with Crippen molar-refractivity contribution in [1.82, 2.24) is 0 Å². The second kappa shape index (κ2) is 17.5. The third-order valence-electron chi connectivity index (χ3n) is 4.14. The first-order valence-corrected chi connectivity index (χ1v) is 10.1. The van der Waals surface area contributed by atoms with Crippen molar-refractivity contribution in [3.63, 3.8) is 0 Å². The summed E-state index contributed by atoms with van der Waals surface area (Å²) in [5.41, 5.74) is 0. The lowest BCUT2D eigenvalue weighted by Gasteiger charge is -2.09. The van der Waals surface area contributed by atoms with Gasteiger partial charge in [0.05, 0.1) is 13.2 Å². The Kier molecular flexibility index (Phi) is 16.6. The lowest BCUT2D eigenvalue weighted by Crippen LogP contribution is -2.10. The summed E-state index contributed by atoms with van der Waals surface area (Å²) in [5.74, 6) is -0.609. The minimum absolute atomic E-state index is 0.348. The SMILES string of the molecule is CCCCCCCCCCCOC(=O)/C=C/C(=O)OCC(C)CCC. The topological polar surface area (TPSA) is 52.6 Å². The van der Waals surface area contributed by atoms with Gasteiger partial charge < -0.3 is 9.47 Å². The number of hydrogen-bond donors (Lipinski definition) is 0. The highest BCUT2D eigenvalue weighted by molar-refractivity contribution is 5.91. The van der Waals surface area contributed by atoms with Crippen LogP contribution in [0.25, 0.3) is 0 Å². The van der Waals surface area contributed by atoms with Gasteiger partial charge in [0.1, 0.15) is 0 Å². The summed E-state index contributed by atoms with van der Waals surface area (Å²) in [6.07, 6.45) is 15.4. The molecule has 0 spiro atoms. The van der Waals surface area contributed by atoms with Gasteiger partial charge >= 0.3 is 11.9 Å². The van der Waals surface area contributed by atoms with E-state index in [1.165, 1.54) is 44.9 Å². The van der Waals surface area contributed by atoms with E-state index in [0.29, 0.717) is 19.1 Å². The zero-order valence-electron chi connectivity index (χ0n) is 16.6. The fourth-order valence-electron chi connectivity index (χ4n) is 2.62. The van der Waals surface area contributed by atoms with Crippen molar-refractivity contribution in [2.75, 3.05) is 13.2 Å². The highest BCUT2D eigenvalue weighted by atomic mass is 16.5. The van der Waals surface area contributed by atoms with Crippen LogP contribution >= 0.6 is 0 Å². The molecule has 4 nitrogen and oxygen atoms in total. The normalized spacial score (nSPS) is 12.3. The summed E-state index contributed by atoms with van der Waals surface area (Å²) in [7, 11) is 0. The molecule has 0 aromatic rings. The predicted octanol–water partition coefficient (Wildman–Crippen LogP) is 5.60. The average Bonchev–Trinajstić information content (AvgIpc) is 2.60. The Labute approximate surface area is 154 Å². The summed E-state index contributed by atoms with van der Waals surface area (Å²) in [6.45, 7) is 7.18. The lowest BCUT2D eigenvalue weighted by atomic mass is 10.1. The van der Waals surface area contributed by atoms with Crippen molar-refractivity contribution in [1.29, 1.82) is 0 Å². The van der Waals surface area contributed by atoms with Gasteiger partial charge in [0.2, 0.25) is 0 Å².